The maximum absolute atomic E-state index is 12.6. The predicted molar refractivity (Wildman–Crippen MR) is 103 cm³/mol. The van der Waals surface area contributed by atoms with Crippen molar-refractivity contribution < 1.29 is 14.3 Å². The van der Waals surface area contributed by atoms with Crippen LogP contribution in [0, 0.1) is 12.8 Å². The molecule has 0 aliphatic heterocycles. The van der Waals surface area contributed by atoms with Gasteiger partial charge in [0.1, 0.15) is 0 Å². The lowest BCUT2D eigenvalue weighted by molar-refractivity contribution is 0.0929. The number of carbonyl (C=O) groups is 1. The van der Waals surface area contributed by atoms with E-state index in [0.717, 1.165) is 21.8 Å². The van der Waals surface area contributed by atoms with Gasteiger partial charge < -0.3 is 14.8 Å². The molecule has 0 bridgehead atoms. The highest BCUT2D eigenvalue weighted by Crippen LogP contribution is 2.33. The molecule has 0 spiro atoms. The van der Waals surface area contributed by atoms with Crippen LogP contribution in [0.3, 0.4) is 0 Å². The number of nitrogens with one attached hydrogen (secondary N) is 1. The Morgan fingerprint density at radius 3 is 2.36 bits per heavy atom. The van der Waals surface area contributed by atoms with Crippen molar-refractivity contribution in [1.82, 2.24) is 5.32 Å². The first-order valence-corrected chi connectivity index (χ1v) is 9.60. The minimum Gasteiger partial charge on any atom is -0.490 e. The van der Waals surface area contributed by atoms with Crippen molar-refractivity contribution in [2.45, 2.75) is 40.7 Å². The third-order valence-corrected chi connectivity index (χ3v) is 4.96. The smallest absolute Gasteiger partial charge is 0.262 e. The van der Waals surface area contributed by atoms with E-state index < -0.39 is 0 Å². The van der Waals surface area contributed by atoms with Crippen LogP contribution >= 0.6 is 11.3 Å². The minimum absolute atomic E-state index is 0.0296. The zero-order valence-electron chi connectivity index (χ0n) is 15.6. The number of amides is 1. The van der Waals surface area contributed by atoms with Gasteiger partial charge in [-0.05, 0) is 61.4 Å². The fourth-order valence-electron chi connectivity index (χ4n) is 2.71. The Balaban J connectivity index is 2.29. The Labute approximate surface area is 154 Å². The summed E-state index contributed by atoms with van der Waals surface area (Å²) in [5.41, 5.74) is 2.02. The van der Waals surface area contributed by atoms with E-state index in [1.54, 1.807) is 0 Å². The molecular weight excluding hydrogens is 334 g/mol. The first-order valence-electron chi connectivity index (χ1n) is 8.72. The standard InChI is InChI=1S/C20H27NO3S/c1-6-23-16-9-8-15(12-17(16)24-7-2)18(13(3)4)21-20(22)19-14(5)10-11-25-19/h8-13,18H,6-7H2,1-5H3,(H,21,22). The summed E-state index contributed by atoms with van der Waals surface area (Å²) in [6.07, 6.45) is 0. The summed E-state index contributed by atoms with van der Waals surface area (Å²) < 4.78 is 11.4. The van der Waals surface area contributed by atoms with E-state index in [9.17, 15) is 4.79 Å². The lowest BCUT2D eigenvalue weighted by atomic mass is 9.95. The molecular formula is C20H27NO3S. The number of thiophene rings is 1. The highest BCUT2D eigenvalue weighted by Gasteiger charge is 2.22. The van der Waals surface area contributed by atoms with Crippen molar-refractivity contribution >= 4 is 17.2 Å². The Kier molecular flexibility index (Phi) is 6.88. The molecule has 0 aliphatic rings. The largest absolute Gasteiger partial charge is 0.490 e. The normalized spacial score (nSPS) is 12.1. The van der Waals surface area contributed by atoms with E-state index in [0.29, 0.717) is 19.0 Å². The van der Waals surface area contributed by atoms with E-state index in [4.69, 9.17) is 9.47 Å². The molecule has 4 nitrogen and oxygen atoms in total. The number of carbonyl (C=O) groups excluding carboxylic acids is 1. The van der Waals surface area contributed by atoms with Crippen LogP contribution in [0.1, 0.15) is 54.5 Å². The molecule has 0 aliphatic carbocycles. The Morgan fingerprint density at radius 1 is 1.12 bits per heavy atom. The molecule has 136 valence electrons. The molecule has 1 heterocycles. The fraction of sp³-hybridized carbons (Fsp3) is 0.450. The molecule has 1 aromatic heterocycles. The zero-order chi connectivity index (χ0) is 18.4. The highest BCUT2D eigenvalue weighted by atomic mass is 32.1. The molecule has 0 fully saturated rings. The number of aryl methyl sites for hydroxylation is 1. The maximum Gasteiger partial charge on any atom is 0.262 e. The maximum atomic E-state index is 12.6. The molecule has 0 radical (unpaired) electrons. The Hall–Kier alpha value is -2.01. The zero-order valence-corrected chi connectivity index (χ0v) is 16.4. The molecule has 5 heteroatoms. The number of rotatable bonds is 8. The van der Waals surface area contributed by atoms with Crippen molar-refractivity contribution in [2.75, 3.05) is 13.2 Å². The van der Waals surface area contributed by atoms with Gasteiger partial charge in [-0.3, -0.25) is 4.79 Å². The van der Waals surface area contributed by atoms with Crippen molar-refractivity contribution in [2.24, 2.45) is 5.92 Å². The van der Waals surface area contributed by atoms with E-state index in [2.05, 4.69) is 19.2 Å². The van der Waals surface area contributed by atoms with E-state index in [1.807, 2.05) is 50.4 Å². The van der Waals surface area contributed by atoms with Crippen LogP contribution in [0.25, 0.3) is 0 Å². The average Bonchev–Trinajstić information content (AvgIpc) is 3.00. The van der Waals surface area contributed by atoms with E-state index in [1.165, 1.54) is 11.3 Å². The van der Waals surface area contributed by atoms with Gasteiger partial charge in [-0.15, -0.1) is 11.3 Å². The summed E-state index contributed by atoms with van der Waals surface area (Å²) in [6, 6.07) is 7.76. The van der Waals surface area contributed by atoms with Crippen molar-refractivity contribution in [3.05, 3.63) is 45.6 Å². The van der Waals surface area contributed by atoms with Gasteiger partial charge in [-0.2, -0.15) is 0 Å². The molecule has 1 amide bonds. The van der Waals surface area contributed by atoms with Gasteiger partial charge in [0.05, 0.1) is 24.1 Å². The number of benzene rings is 1. The summed E-state index contributed by atoms with van der Waals surface area (Å²) in [7, 11) is 0. The van der Waals surface area contributed by atoms with Gasteiger partial charge in [0.15, 0.2) is 11.5 Å². The van der Waals surface area contributed by atoms with Crippen LogP contribution in [-0.2, 0) is 0 Å². The van der Waals surface area contributed by atoms with Crippen molar-refractivity contribution in [3.8, 4) is 11.5 Å². The lowest BCUT2D eigenvalue weighted by Crippen LogP contribution is -2.31. The summed E-state index contributed by atoms with van der Waals surface area (Å²) in [4.78, 5) is 13.4. The topological polar surface area (TPSA) is 47.6 Å². The quantitative estimate of drug-likeness (QED) is 0.721. The Morgan fingerprint density at radius 2 is 1.80 bits per heavy atom. The van der Waals surface area contributed by atoms with Crippen LogP contribution < -0.4 is 14.8 Å². The first-order chi connectivity index (χ1) is 12.0. The van der Waals surface area contributed by atoms with Gasteiger partial charge in [0.25, 0.3) is 5.91 Å². The summed E-state index contributed by atoms with van der Waals surface area (Å²) >= 11 is 1.47. The molecule has 2 aromatic rings. The SMILES string of the molecule is CCOc1ccc(C(NC(=O)c2sccc2C)C(C)C)cc1OCC. The summed E-state index contributed by atoms with van der Waals surface area (Å²) in [5.74, 6) is 1.67. The third kappa shape index (κ3) is 4.75. The van der Waals surface area contributed by atoms with E-state index >= 15 is 0 Å². The number of hydrogen-bond donors (Lipinski definition) is 1. The second-order valence-electron chi connectivity index (χ2n) is 6.20. The average molecular weight is 362 g/mol. The Bertz CT molecular complexity index is 709. The van der Waals surface area contributed by atoms with Crippen molar-refractivity contribution in [1.29, 1.82) is 0 Å². The van der Waals surface area contributed by atoms with Gasteiger partial charge in [0, 0.05) is 0 Å². The summed E-state index contributed by atoms with van der Waals surface area (Å²) in [5, 5.41) is 5.12. The molecule has 25 heavy (non-hydrogen) atoms. The van der Waals surface area contributed by atoms with Crippen molar-refractivity contribution in [3.63, 3.8) is 0 Å². The molecule has 1 unspecified atom stereocenters. The molecule has 1 aromatic carbocycles. The summed E-state index contributed by atoms with van der Waals surface area (Å²) in [6.45, 7) is 11.2. The molecule has 1 N–H and O–H groups in total. The monoisotopic (exact) mass is 361 g/mol. The number of ether oxygens (including phenoxy) is 2. The molecule has 2 rings (SSSR count). The molecule has 0 saturated carbocycles. The predicted octanol–water partition coefficient (Wildman–Crippen LogP) is 4.98. The second kappa shape index (κ2) is 8.90. The highest BCUT2D eigenvalue weighted by molar-refractivity contribution is 7.12. The first kappa shape index (κ1) is 19.3. The van der Waals surface area contributed by atoms with Crippen LogP contribution in [0.15, 0.2) is 29.6 Å². The molecule has 0 saturated heterocycles. The fourth-order valence-corrected chi connectivity index (χ4v) is 3.54. The van der Waals surface area contributed by atoms with E-state index in [-0.39, 0.29) is 17.9 Å². The number of hydrogen-bond acceptors (Lipinski definition) is 4. The van der Waals surface area contributed by atoms with Crippen LogP contribution in [0.2, 0.25) is 0 Å². The van der Waals surface area contributed by atoms with Gasteiger partial charge in [-0.25, -0.2) is 0 Å². The van der Waals surface area contributed by atoms with Crippen LogP contribution in [0.5, 0.6) is 11.5 Å². The lowest BCUT2D eigenvalue weighted by Gasteiger charge is -2.24. The van der Waals surface area contributed by atoms with Gasteiger partial charge in [0.2, 0.25) is 0 Å². The minimum atomic E-state index is -0.0936. The van der Waals surface area contributed by atoms with Crippen LogP contribution in [-0.4, -0.2) is 19.1 Å². The molecule has 1 atom stereocenters. The van der Waals surface area contributed by atoms with Gasteiger partial charge in [-0.1, -0.05) is 19.9 Å². The van der Waals surface area contributed by atoms with Gasteiger partial charge >= 0.3 is 0 Å². The second-order valence-corrected chi connectivity index (χ2v) is 7.12. The van der Waals surface area contributed by atoms with Crippen LogP contribution in [0.4, 0.5) is 0 Å². The third-order valence-electron chi connectivity index (χ3n) is 3.95.